The summed E-state index contributed by atoms with van der Waals surface area (Å²) in [4.78, 5) is 24.8. The topological polar surface area (TPSA) is 57.6 Å². The highest BCUT2D eigenvalue weighted by Gasteiger charge is 2.29. The number of nitrogens with zero attached hydrogens (tertiary/aromatic N) is 1. The molecule has 4 nitrogen and oxygen atoms in total. The third kappa shape index (κ3) is 4.35. The summed E-state index contributed by atoms with van der Waals surface area (Å²) < 4.78 is 0. The minimum Gasteiger partial charge on any atom is -0.481 e. The highest BCUT2D eigenvalue weighted by molar-refractivity contribution is 6.35. The van der Waals surface area contributed by atoms with E-state index in [1.807, 2.05) is 6.07 Å². The van der Waals surface area contributed by atoms with Crippen LogP contribution in [0.1, 0.15) is 31.2 Å². The number of hydrogen-bond donors (Lipinski definition) is 1. The SMILES string of the molecule is O=C(O)CC1CCCN1C(=O)CCc1ccc(Cl)cc1Cl. The Morgan fingerprint density at radius 2 is 2.10 bits per heavy atom. The van der Waals surface area contributed by atoms with Crippen LogP contribution in [0.4, 0.5) is 0 Å². The van der Waals surface area contributed by atoms with E-state index in [9.17, 15) is 9.59 Å². The second-order valence-corrected chi connectivity index (χ2v) is 6.06. The van der Waals surface area contributed by atoms with E-state index in [2.05, 4.69) is 0 Å². The van der Waals surface area contributed by atoms with E-state index < -0.39 is 5.97 Å². The molecule has 1 fully saturated rings. The number of amides is 1. The second-order valence-electron chi connectivity index (χ2n) is 5.22. The number of hydrogen-bond acceptors (Lipinski definition) is 2. The summed E-state index contributed by atoms with van der Waals surface area (Å²) in [7, 11) is 0. The number of carboxylic acids is 1. The molecule has 0 spiro atoms. The van der Waals surface area contributed by atoms with Crippen molar-refractivity contribution in [2.24, 2.45) is 0 Å². The predicted molar refractivity (Wildman–Crippen MR) is 81.8 cm³/mol. The lowest BCUT2D eigenvalue weighted by atomic mass is 10.1. The Labute approximate surface area is 133 Å². The van der Waals surface area contributed by atoms with Gasteiger partial charge in [-0.05, 0) is 37.0 Å². The zero-order valence-corrected chi connectivity index (χ0v) is 13.0. The Morgan fingerprint density at radius 1 is 1.33 bits per heavy atom. The van der Waals surface area contributed by atoms with Crippen LogP contribution < -0.4 is 0 Å². The van der Waals surface area contributed by atoms with Crippen molar-refractivity contribution >= 4 is 35.1 Å². The summed E-state index contributed by atoms with van der Waals surface area (Å²) >= 11 is 11.9. The largest absolute Gasteiger partial charge is 0.481 e. The number of carboxylic acid groups (broad SMARTS) is 1. The van der Waals surface area contributed by atoms with Crippen LogP contribution in [0.5, 0.6) is 0 Å². The number of aliphatic carboxylic acids is 1. The summed E-state index contributed by atoms with van der Waals surface area (Å²) in [6, 6.07) is 5.05. The Balaban J connectivity index is 1.93. The first-order valence-corrected chi connectivity index (χ1v) is 7.68. The summed E-state index contributed by atoms with van der Waals surface area (Å²) in [5.41, 5.74) is 0.878. The fourth-order valence-electron chi connectivity index (χ4n) is 2.69. The molecule has 6 heteroatoms. The molecule has 1 aromatic rings. The summed E-state index contributed by atoms with van der Waals surface area (Å²) in [6.07, 6.45) is 2.52. The number of benzene rings is 1. The maximum Gasteiger partial charge on any atom is 0.305 e. The van der Waals surface area contributed by atoms with Gasteiger partial charge in [-0.15, -0.1) is 0 Å². The highest BCUT2D eigenvalue weighted by Crippen LogP contribution is 2.24. The van der Waals surface area contributed by atoms with Crippen LogP contribution in [0.2, 0.25) is 10.0 Å². The molecular weight excluding hydrogens is 313 g/mol. The van der Waals surface area contributed by atoms with Gasteiger partial charge in [0, 0.05) is 29.1 Å². The molecule has 1 aromatic carbocycles. The van der Waals surface area contributed by atoms with Crippen LogP contribution >= 0.6 is 23.2 Å². The van der Waals surface area contributed by atoms with Crippen molar-refractivity contribution < 1.29 is 14.7 Å². The molecule has 1 aliphatic rings. The van der Waals surface area contributed by atoms with Gasteiger partial charge in [-0.1, -0.05) is 29.3 Å². The van der Waals surface area contributed by atoms with Crippen molar-refractivity contribution in [2.75, 3.05) is 6.54 Å². The van der Waals surface area contributed by atoms with E-state index >= 15 is 0 Å². The molecule has 1 amide bonds. The highest BCUT2D eigenvalue weighted by atomic mass is 35.5. The van der Waals surface area contributed by atoms with Gasteiger partial charge >= 0.3 is 5.97 Å². The van der Waals surface area contributed by atoms with E-state index in [0.717, 1.165) is 18.4 Å². The molecule has 1 atom stereocenters. The van der Waals surface area contributed by atoms with Gasteiger partial charge < -0.3 is 10.0 Å². The van der Waals surface area contributed by atoms with E-state index in [4.69, 9.17) is 28.3 Å². The minimum absolute atomic E-state index is 0.00948. The van der Waals surface area contributed by atoms with Gasteiger partial charge in [0.1, 0.15) is 0 Å². The summed E-state index contributed by atoms with van der Waals surface area (Å²) in [5.74, 6) is -0.870. The predicted octanol–water partition coefficient (Wildman–Crippen LogP) is 3.39. The third-order valence-corrected chi connectivity index (χ3v) is 4.32. The Morgan fingerprint density at radius 3 is 2.76 bits per heavy atom. The molecule has 0 bridgehead atoms. The molecule has 0 radical (unpaired) electrons. The molecule has 1 unspecified atom stereocenters. The van der Waals surface area contributed by atoms with E-state index in [1.54, 1.807) is 17.0 Å². The lowest BCUT2D eigenvalue weighted by molar-refractivity contribution is -0.139. The average molecular weight is 330 g/mol. The van der Waals surface area contributed by atoms with Crippen LogP contribution in [-0.4, -0.2) is 34.5 Å². The van der Waals surface area contributed by atoms with E-state index in [-0.39, 0.29) is 18.4 Å². The van der Waals surface area contributed by atoms with Gasteiger partial charge in [0.15, 0.2) is 0 Å². The van der Waals surface area contributed by atoms with Gasteiger partial charge in [0.2, 0.25) is 5.91 Å². The summed E-state index contributed by atoms with van der Waals surface area (Å²) in [5, 5.41) is 10.00. The van der Waals surface area contributed by atoms with Crippen LogP contribution in [0.3, 0.4) is 0 Å². The van der Waals surface area contributed by atoms with Gasteiger partial charge in [-0.2, -0.15) is 0 Å². The molecular formula is C15H17Cl2NO3. The monoisotopic (exact) mass is 329 g/mol. The van der Waals surface area contributed by atoms with Gasteiger partial charge in [-0.25, -0.2) is 0 Å². The molecule has 0 aromatic heterocycles. The molecule has 1 aliphatic heterocycles. The van der Waals surface area contributed by atoms with Crippen molar-refractivity contribution in [2.45, 2.75) is 38.1 Å². The fourth-order valence-corrected chi connectivity index (χ4v) is 3.19. The van der Waals surface area contributed by atoms with Crippen molar-refractivity contribution in [3.8, 4) is 0 Å². The lowest BCUT2D eigenvalue weighted by Gasteiger charge is -2.23. The number of halogens is 2. The normalized spacial score (nSPS) is 18.0. The Bertz CT molecular complexity index is 548. The van der Waals surface area contributed by atoms with E-state index in [0.29, 0.717) is 29.4 Å². The Kier molecular flexibility index (Phi) is 5.48. The lowest BCUT2D eigenvalue weighted by Crippen LogP contribution is -2.36. The van der Waals surface area contributed by atoms with E-state index in [1.165, 1.54) is 0 Å². The number of rotatable bonds is 5. The van der Waals surface area contributed by atoms with Crippen LogP contribution in [0.25, 0.3) is 0 Å². The molecule has 1 saturated heterocycles. The smallest absolute Gasteiger partial charge is 0.305 e. The molecule has 1 N–H and O–H groups in total. The van der Waals surface area contributed by atoms with Crippen LogP contribution in [0.15, 0.2) is 18.2 Å². The fraction of sp³-hybridized carbons (Fsp3) is 0.467. The molecule has 1 heterocycles. The van der Waals surface area contributed by atoms with Crippen molar-refractivity contribution in [1.82, 2.24) is 4.90 Å². The standard InChI is InChI=1S/C15H17Cl2NO3/c16-11-5-3-10(13(17)8-11)4-6-14(19)18-7-1-2-12(18)9-15(20)21/h3,5,8,12H,1-2,4,6-7,9H2,(H,20,21). The maximum absolute atomic E-state index is 12.3. The zero-order valence-electron chi connectivity index (χ0n) is 11.5. The average Bonchev–Trinajstić information content (AvgIpc) is 2.84. The first-order chi connectivity index (χ1) is 9.97. The quantitative estimate of drug-likeness (QED) is 0.900. The van der Waals surface area contributed by atoms with Crippen LogP contribution in [-0.2, 0) is 16.0 Å². The molecule has 0 aliphatic carbocycles. The number of carbonyl (C=O) groups is 2. The summed E-state index contributed by atoms with van der Waals surface area (Å²) in [6.45, 7) is 0.644. The Hall–Kier alpha value is -1.26. The molecule has 0 saturated carbocycles. The third-order valence-electron chi connectivity index (χ3n) is 3.73. The first kappa shape index (κ1) is 16.1. The van der Waals surface area contributed by atoms with Crippen molar-refractivity contribution in [1.29, 1.82) is 0 Å². The zero-order chi connectivity index (χ0) is 15.4. The van der Waals surface area contributed by atoms with Gasteiger partial charge in [0.25, 0.3) is 0 Å². The molecule has 114 valence electrons. The van der Waals surface area contributed by atoms with Crippen LogP contribution in [0, 0.1) is 0 Å². The molecule has 21 heavy (non-hydrogen) atoms. The first-order valence-electron chi connectivity index (χ1n) is 6.92. The maximum atomic E-state index is 12.3. The number of likely N-dealkylation sites (tertiary alicyclic amines) is 1. The van der Waals surface area contributed by atoms with Gasteiger partial charge in [0.05, 0.1) is 6.42 Å². The number of carbonyl (C=O) groups excluding carboxylic acids is 1. The number of aryl methyl sites for hydroxylation is 1. The molecule has 2 rings (SSSR count). The van der Waals surface area contributed by atoms with Crippen molar-refractivity contribution in [3.05, 3.63) is 33.8 Å². The second kappa shape index (κ2) is 7.14. The van der Waals surface area contributed by atoms with Gasteiger partial charge in [-0.3, -0.25) is 9.59 Å². The minimum atomic E-state index is -0.861. The van der Waals surface area contributed by atoms with Crippen molar-refractivity contribution in [3.63, 3.8) is 0 Å².